The molecule has 0 saturated heterocycles. The summed E-state index contributed by atoms with van der Waals surface area (Å²) in [6, 6.07) is 7.64. The highest BCUT2D eigenvalue weighted by molar-refractivity contribution is 7.99. The average molecular weight is 348 g/mol. The minimum absolute atomic E-state index is 0.138. The summed E-state index contributed by atoms with van der Waals surface area (Å²) in [7, 11) is 1.65. The first-order valence-electron chi connectivity index (χ1n) is 7.71. The van der Waals surface area contributed by atoms with Crippen LogP contribution in [0.5, 0.6) is 5.75 Å². The van der Waals surface area contributed by atoms with Gasteiger partial charge in [0.05, 0.1) is 12.1 Å². The number of benzene rings is 1. The predicted octanol–water partition coefficient (Wildman–Crippen LogP) is 3.36. The van der Waals surface area contributed by atoms with Crippen LogP contribution in [-0.2, 0) is 16.1 Å². The van der Waals surface area contributed by atoms with Crippen LogP contribution in [0.2, 0.25) is 0 Å². The fourth-order valence-electron chi connectivity index (χ4n) is 2.23. The zero-order valence-corrected chi connectivity index (χ0v) is 15.6. The van der Waals surface area contributed by atoms with Crippen molar-refractivity contribution >= 4 is 28.6 Å². The van der Waals surface area contributed by atoms with Gasteiger partial charge in [-0.25, -0.2) is 0 Å². The van der Waals surface area contributed by atoms with Crippen LogP contribution < -0.4 is 10.1 Å². The molecule has 5 nitrogen and oxygen atoms in total. The molecule has 1 heterocycles. The summed E-state index contributed by atoms with van der Waals surface area (Å²) in [4.78, 5) is 16.7. The van der Waals surface area contributed by atoms with Crippen LogP contribution in [0.3, 0.4) is 0 Å². The standard InChI is InChI=1S/C18H24N2O3S/c1-18(2,3)20-16(21)17(24-5)23-14-6-7-15-13(9-14)8-12(10-19-15)11-22-4/h6-10,17H,11H2,1-5H3,(H,20,21). The molecule has 0 bridgehead atoms. The van der Waals surface area contributed by atoms with E-state index in [1.165, 1.54) is 11.8 Å². The van der Waals surface area contributed by atoms with E-state index in [1.807, 2.05) is 51.3 Å². The second-order valence-electron chi connectivity index (χ2n) is 6.56. The van der Waals surface area contributed by atoms with Crippen LogP contribution in [0.1, 0.15) is 26.3 Å². The number of amides is 1. The van der Waals surface area contributed by atoms with Gasteiger partial charge in [-0.1, -0.05) is 0 Å². The van der Waals surface area contributed by atoms with E-state index in [9.17, 15) is 4.79 Å². The number of pyridine rings is 1. The Hall–Kier alpha value is -1.79. The van der Waals surface area contributed by atoms with E-state index in [1.54, 1.807) is 13.3 Å². The molecule has 24 heavy (non-hydrogen) atoms. The number of carbonyl (C=O) groups is 1. The number of fused-ring (bicyclic) bond motifs is 1. The Balaban J connectivity index is 2.19. The highest BCUT2D eigenvalue weighted by Crippen LogP contribution is 2.23. The van der Waals surface area contributed by atoms with Crippen molar-refractivity contribution in [3.05, 3.63) is 36.0 Å². The van der Waals surface area contributed by atoms with Gasteiger partial charge in [-0.2, -0.15) is 0 Å². The van der Waals surface area contributed by atoms with Gasteiger partial charge in [-0.15, -0.1) is 11.8 Å². The molecule has 0 aliphatic rings. The van der Waals surface area contributed by atoms with E-state index >= 15 is 0 Å². The van der Waals surface area contributed by atoms with Gasteiger partial charge in [0.1, 0.15) is 5.75 Å². The van der Waals surface area contributed by atoms with Crippen LogP contribution in [-0.4, -0.2) is 35.2 Å². The maximum atomic E-state index is 12.3. The molecule has 1 N–H and O–H groups in total. The van der Waals surface area contributed by atoms with E-state index in [-0.39, 0.29) is 11.4 Å². The first-order valence-corrected chi connectivity index (χ1v) is 9.00. The van der Waals surface area contributed by atoms with Gasteiger partial charge in [-0.3, -0.25) is 9.78 Å². The first kappa shape index (κ1) is 18.5. The Morgan fingerprint density at radius 1 is 1.33 bits per heavy atom. The molecule has 1 aromatic heterocycles. The fraction of sp³-hybridized carbons (Fsp3) is 0.444. The summed E-state index contributed by atoms with van der Waals surface area (Å²) < 4.78 is 11.0. The van der Waals surface area contributed by atoms with Crippen molar-refractivity contribution in [2.45, 2.75) is 38.4 Å². The van der Waals surface area contributed by atoms with Gasteiger partial charge >= 0.3 is 0 Å². The molecule has 0 spiro atoms. The van der Waals surface area contributed by atoms with Crippen LogP contribution >= 0.6 is 11.8 Å². The van der Waals surface area contributed by atoms with E-state index in [0.29, 0.717) is 12.4 Å². The van der Waals surface area contributed by atoms with E-state index in [2.05, 4.69) is 10.3 Å². The van der Waals surface area contributed by atoms with Gasteiger partial charge < -0.3 is 14.8 Å². The number of nitrogens with one attached hydrogen (secondary N) is 1. The van der Waals surface area contributed by atoms with Crippen molar-refractivity contribution in [1.82, 2.24) is 10.3 Å². The van der Waals surface area contributed by atoms with Gasteiger partial charge in [0.2, 0.25) is 5.44 Å². The minimum atomic E-state index is -0.600. The number of hydrogen-bond acceptors (Lipinski definition) is 5. The highest BCUT2D eigenvalue weighted by Gasteiger charge is 2.23. The van der Waals surface area contributed by atoms with E-state index in [4.69, 9.17) is 9.47 Å². The lowest BCUT2D eigenvalue weighted by Gasteiger charge is -2.24. The van der Waals surface area contributed by atoms with E-state index < -0.39 is 5.44 Å². The van der Waals surface area contributed by atoms with E-state index in [0.717, 1.165) is 16.5 Å². The smallest absolute Gasteiger partial charge is 0.272 e. The maximum absolute atomic E-state index is 12.3. The summed E-state index contributed by atoms with van der Waals surface area (Å²) in [5.41, 5.74) is 0.976. The zero-order valence-electron chi connectivity index (χ0n) is 14.8. The molecular formula is C18H24N2O3S. The quantitative estimate of drug-likeness (QED) is 0.811. The third-order valence-corrected chi connectivity index (χ3v) is 3.93. The molecule has 0 saturated carbocycles. The van der Waals surface area contributed by atoms with Gasteiger partial charge in [-0.05, 0) is 56.9 Å². The molecule has 0 radical (unpaired) electrons. The Morgan fingerprint density at radius 2 is 2.08 bits per heavy atom. The second-order valence-corrected chi connectivity index (χ2v) is 7.46. The highest BCUT2D eigenvalue weighted by atomic mass is 32.2. The largest absolute Gasteiger partial charge is 0.470 e. The summed E-state index contributed by atoms with van der Waals surface area (Å²) in [6.45, 7) is 6.35. The average Bonchev–Trinajstić information content (AvgIpc) is 2.50. The topological polar surface area (TPSA) is 60.5 Å². The fourth-order valence-corrected chi connectivity index (χ4v) is 2.72. The molecular weight excluding hydrogens is 324 g/mol. The molecule has 6 heteroatoms. The van der Waals surface area contributed by atoms with Crippen LogP contribution in [0.4, 0.5) is 0 Å². The summed E-state index contributed by atoms with van der Waals surface area (Å²) in [6.07, 6.45) is 3.65. The Labute approximate surface area is 147 Å². The minimum Gasteiger partial charge on any atom is -0.470 e. The SMILES string of the molecule is COCc1cnc2ccc(OC(SC)C(=O)NC(C)(C)C)cc2c1. The molecule has 1 aromatic carbocycles. The summed E-state index contributed by atoms with van der Waals surface area (Å²) in [5.74, 6) is 0.503. The normalized spacial score (nSPS) is 12.9. The monoisotopic (exact) mass is 348 g/mol. The number of hydrogen-bond donors (Lipinski definition) is 1. The Morgan fingerprint density at radius 3 is 2.71 bits per heavy atom. The molecule has 2 aromatic rings. The number of nitrogens with zero attached hydrogens (tertiary/aromatic N) is 1. The number of carbonyl (C=O) groups excluding carboxylic acids is 1. The summed E-state index contributed by atoms with van der Waals surface area (Å²) >= 11 is 1.36. The number of ether oxygens (including phenoxy) is 2. The molecule has 1 amide bonds. The van der Waals surface area contributed by atoms with Crippen molar-refractivity contribution < 1.29 is 14.3 Å². The zero-order chi connectivity index (χ0) is 17.7. The molecule has 130 valence electrons. The third-order valence-electron chi connectivity index (χ3n) is 3.19. The molecule has 2 rings (SSSR count). The number of methoxy groups -OCH3 is 1. The first-order chi connectivity index (χ1) is 11.3. The lowest BCUT2D eigenvalue weighted by molar-refractivity contribution is -0.125. The lowest BCUT2D eigenvalue weighted by Crippen LogP contribution is -2.46. The number of thioether (sulfide) groups is 1. The number of aromatic nitrogens is 1. The van der Waals surface area contributed by atoms with Crippen molar-refractivity contribution in [2.24, 2.45) is 0 Å². The van der Waals surface area contributed by atoms with Gasteiger partial charge in [0.25, 0.3) is 5.91 Å². The maximum Gasteiger partial charge on any atom is 0.272 e. The van der Waals surface area contributed by atoms with Crippen LogP contribution in [0, 0.1) is 0 Å². The summed E-state index contributed by atoms with van der Waals surface area (Å²) in [5, 5.41) is 3.90. The molecule has 0 fully saturated rings. The van der Waals surface area contributed by atoms with Crippen LogP contribution in [0.25, 0.3) is 10.9 Å². The van der Waals surface area contributed by atoms with Gasteiger partial charge in [0, 0.05) is 24.2 Å². The molecule has 0 aliphatic heterocycles. The lowest BCUT2D eigenvalue weighted by atomic mass is 10.1. The van der Waals surface area contributed by atoms with Crippen molar-refractivity contribution in [3.8, 4) is 5.75 Å². The second kappa shape index (κ2) is 7.85. The third kappa shape index (κ3) is 5.11. The van der Waals surface area contributed by atoms with Crippen molar-refractivity contribution in [2.75, 3.05) is 13.4 Å². The van der Waals surface area contributed by atoms with Crippen LogP contribution in [0.15, 0.2) is 30.5 Å². The number of rotatable bonds is 6. The predicted molar refractivity (Wildman–Crippen MR) is 98.3 cm³/mol. The Bertz CT molecular complexity index is 713. The molecule has 1 unspecified atom stereocenters. The van der Waals surface area contributed by atoms with Gasteiger partial charge in [0.15, 0.2) is 0 Å². The molecule has 1 atom stereocenters. The Kier molecular flexibility index (Phi) is 6.07. The molecule has 0 aliphatic carbocycles. The van der Waals surface area contributed by atoms with Crippen molar-refractivity contribution in [3.63, 3.8) is 0 Å². The van der Waals surface area contributed by atoms with Crippen molar-refractivity contribution in [1.29, 1.82) is 0 Å².